The van der Waals surface area contributed by atoms with Crippen molar-refractivity contribution in [3.05, 3.63) is 47.5 Å². The van der Waals surface area contributed by atoms with Crippen LogP contribution in [0, 0.1) is 5.92 Å². The first-order chi connectivity index (χ1) is 18.2. The minimum Gasteiger partial charge on any atom is -0.459 e. The molecule has 2 aromatic rings. The minimum absolute atomic E-state index is 0.00961. The van der Waals surface area contributed by atoms with Crippen molar-refractivity contribution in [1.29, 1.82) is 0 Å². The number of esters is 1. The maximum Gasteiger partial charge on any atom is 0.325 e. The third-order valence-electron chi connectivity index (χ3n) is 7.39. The lowest BCUT2D eigenvalue weighted by Crippen LogP contribution is -2.62. The van der Waals surface area contributed by atoms with Crippen molar-refractivity contribution in [3.63, 3.8) is 0 Å². The molecule has 0 bridgehead atoms. The number of benzene rings is 1. The smallest absolute Gasteiger partial charge is 0.325 e. The van der Waals surface area contributed by atoms with E-state index in [9.17, 15) is 26.4 Å². The lowest BCUT2D eigenvalue weighted by Gasteiger charge is -2.51. The van der Waals surface area contributed by atoms with Gasteiger partial charge in [-0.25, -0.2) is 16.8 Å². The van der Waals surface area contributed by atoms with Crippen LogP contribution >= 0.6 is 0 Å². The molecule has 1 aliphatic rings. The van der Waals surface area contributed by atoms with E-state index in [0.29, 0.717) is 0 Å². The fraction of sp³-hybridized carbons (Fsp3) is 0.538. The molecule has 0 N–H and O–H groups in total. The van der Waals surface area contributed by atoms with Crippen LogP contribution < -0.4 is 0 Å². The maximum atomic E-state index is 13.5. The molecule has 1 aliphatic heterocycles. The van der Waals surface area contributed by atoms with Crippen molar-refractivity contribution in [2.45, 2.75) is 74.6 Å². The summed E-state index contributed by atoms with van der Waals surface area (Å²) < 4.78 is 61.8. The summed E-state index contributed by atoms with van der Waals surface area (Å²) in [5.74, 6) is -2.04. The Bertz CT molecular complexity index is 1490. The summed E-state index contributed by atoms with van der Waals surface area (Å²) in [6.45, 7) is 11.4. The summed E-state index contributed by atoms with van der Waals surface area (Å²) >= 11 is 0. The highest BCUT2D eigenvalue weighted by Gasteiger charge is 2.55. The van der Waals surface area contributed by atoms with Crippen LogP contribution in [0.1, 0.15) is 44.9 Å². The summed E-state index contributed by atoms with van der Waals surface area (Å²) in [6.07, 6.45) is 1.17. The molecule has 1 saturated heterocycles. The number of hydrogen-bond donors (Lipinski definition) is 0. The van der Waals surface area contributed by atoms with E-state index in [2.05, 4.69) is 10.2 Å². The number of carbonyl (C=O) groups excluding carboxylic acids is 2. The molecular weight excluding hydrogens is 575 g/mol. The van der Waals surface area contributed by atoms with Gasteiger partial charge >= 0.3 is 5.97 Å². The van der Waals surface area contributed by atoms with E-state index in [4.69, 9.17) is 9.16 Å². The summed E-state index contributed by atoms with van der Waals surface area (Å²) in [5, 5.41) is 6.26. The number of aromatic nitrogens is 2. The molecular formula is C26H37N3O8S2Si. The molecule has 3 rings (SSSR count). The highest BCUT2D eigenvalue weighted by Crippen LogP contribution is 2.47. The Balaban J connectivity index is 2.04. The van der Waals surface area contributed by atoms with Gasteiger partial charge in [0.1, 0.15) is 13.2 Å². The van der Waals surface area contributed by atoms with Crippen molar-refractivity contribution >= 4 is 39.9 Å². The summed E-state index contributed by atoms with van der Waals surface area (Å²) in [4.78, 5) is 27.5. The molecule has 2 heterocycles. The second kappa shape index (κ2) is 11.3. The zero-order valence-corrected chi connectivity index (χ0v) is 26.7. The molecule has 3 atom stereocenters. The highest BCUT2D eigenvalue weighted by molar-refractivity contribution is 7.91. The van der Waals surface area contributed by atoms with Gasteiger partial charge in [-0.15, -0.1) is 10.2 Å². The van der Waals surface area contributed by atoms with E-state index in [1.54, 1.807) is 31.2 Å². The first kappa shape index (κ1) is 31.8. The molecule has 0 aliphatic carbocycles. The molecule has 1 aromatic heterocycles. The van der Waals surface area contributed by atoms with Crippen molar-refractivity contribution < 1.29 is 35.6 Å². The molecule has 1 amide bonds. The summed E-state index contributed by atoms with van der Waals surface area (Å²) in [7, 11) is -10.2. The van der Waals surface area contributed by atoms with Crippen LogP contribution in [0.25, 0.3) is 0 Å². The van der Waals surface area contributed by atoms with Crippen LogP contribution in [0.3, 0.4) is 0 Å². The fourth-order valence-electron chi connectivity index (χ4n) is 4.27. The number of nitrogens with zero attached hydrogens (tertiary/aromatic N) is 3. The zero-order chi connectivity index (χ0) is 30.3. The number of rotatable bonds is 10. The van der Waals surface area contributed by atoms with Crippen LogP contribution in [0.5, 0.6) is 0 Å². The van der Waals surface area contributed by atoms with Gasteiger partial charge in [0.25, 0.3) is 0 Å². The Kier molecular flexibility index (Phi) is 8.99. The van der Waals surface area contributed by atoms with Crippen LogP contribution in [0.4, 0.5) is 0 Å². The molecule has 1 aromatic carbocycles. The van der Waals surface area contributed by atoms with E-state index >= 15 is 0 Å². The molecule has 0 unspecified atom stereocenters. The average molecular weight is 612 g/mol. The molecule has 0 saturated carbocycles. The molecule has 220 valence electrons. The van der Waals surface area contributed by atoms with E-state index in [1.165, 1.54) is 4.90 Å². The molecule has 0 radical (unpaired) electrons. The van der Waals surface area contributed by atoms with Gasteiger partial charge in [-0.2, -0.15) is 0 Å². The summed E-state index contributed by atoms with van der Waals surface area (Å²) in [5.41, 5.74) is 0.719. The van der Waals surface area contributed by atoms with Crippen LogP contribution in [0.2, 0.25) is 18.1 Å². The first-order valence-corrected chi connectivity index (χ1v) is 19.4. The highest BCUT2D eigenvalue weighted by atomic mass is 32.2. The number of β-lactam (4-membered cyclic amide) rings is 1. The van der Waals surface area contributed by atoms with E-state index in [0.717, 1.165) is 24.1 Å². The normalized spacial score (nSPS) is 19.2. The largest absolute Gasteiger partial charge is 0.459 e. The van der Waals surface area contributed by atoms with Crippen molar-refractivity contribution in [1.82, 2.24) is 15.1 Å². The standard InChI is InChI=1S/C26H37N3O8S2Si/c1-17(37-40(7,8)26(2,3)4)22-23(19-14-20(38(5,32)33)27-28-24(19)39(6,34)35)29(25(22)31)15-21(30)36-16-18-12-10-9-11-13-18/h9-14,17,22-23H,15-16H2,1-8H3/t17-,22-,23-/m1/s1. The van der Waals surface area contributed by atoms with Gasteiger partial charge in [0.05, 0.1) is 18.1 Å². The number of amides is 1. The van der Waals surface area contributed by atoms with Crippen LogP contribution in [-0.2, 0) is 45.0 Å². The number of sulfone groups is 2. The van der Waals surface area contributed by atoms with Gasteiger partial charge in [0.2, 0.25) is 5.91 Å². The van der Waals surface area contributed by atoms with E-state index in [-0.39, 0.29) is 17.2 Å². The van der Waals surface area contributed by atoms with Crippen molar-refractivity contribution in [2.75, 3.05) is 19.1 Å². The Labute approximate surface area is 237 Å². The Hall–Kier alpha value is -2.68. The number of likely N-dealkylation sites (tertiary alicyclic amines) is 1. The Morgan fingerprint density at radius 1 is 1.05 bits per heavy atom. The maximum absolute atomic E-state index is 13.5. The van der Waals surface area contributed by atoms with Gasteiger partial charge < -0.3 is 14.1 Å². The van der Waals surface area contributed by atoms with Gasteiger partial charge in [-0.1, -0.05) is 51.1 Å². The topological polar surface area (TPSA) is 150 Å². The third-order valence-corrected chi connectivity index (χ3v) is 13.9. The summed E-state index contributed by atoms with van der Waals surface area (Å²) in [6, 6.07) is 9.10. The van der Waals surface area contributed by atoms with E-state index < -0.39 is 74.5 Å². The molecule has 1 fully saturated rings. The fourth-order valence-corrected chi connectivity index (χ4v) is 7.02. The van der Waals surface area contributed by atoms with Crippen molar-refractivity contribution in [3.8, 4) is 0 Å². The lowest BCUT2D eigenvalue weighted by molar-refractivity contribution is -0.171. The van der Waals surface area contributed by atoms with E-state index in [1.807, 2.05) is 39.9 Å². The predicted molar refractivity (Wildman–Crippen MR) is 150 cm³/mol. The van der Waals surface area contributed by atoms with Crippen LogP contribution in [-0.4, -0.2) is 77.3 Å². The molecule has 0 spiro atoms. The number of hydrogen-bond acceptors (Lipinski definition) is 10. The predicted octanol–water partition coefficient (Wildman–Crippen LogP) is 2.94. The minimum atomic E-state index is -3.99. The van der Waals surface area contributed by atoms with Gasteiger partial charge in [0.15, 0.2) is 38.0 Å². The lowest BCUT2D eigenvalue weighted by atomic mass is 9.79. The number of ether oxygens (including phenoxy) is 1. The second-order valence-corrected chi connectivity index (χ2v) is 20.3. The first-order valence-electron chi connectivity index (χ1n) is 12.7. The second-order valence-electron chi connectivity index (χ2n) is 11.7. The average Bonchev–Trinajstić information content (AvgIpc) is 2.82. The van der Waals surface area contributed by atoms with Gasteiger partial charge in [-0.3, -0.25) is 9.59 Å². The number of carbonyl (C=O) groups is 2. The van der Waals surface area contributed by atoms with Gasteiger partial charge in [0, 0.05) is 18.1 Å². The third kappa shape index (κ3) is 6.96. The Morgan fingerprint density at radius 3 is 2.17 bits per heavy atom. The molecule has 14 heteroatoms. The van der Waals surface area contributed by atoms with Crippen molar-refractivity contribution in [2.24, 2.45) is 5.92 Å². The zero-order valence-electron chi connectivity index (χ0n) is 24.0. The quantitative estimate of drug-likeness (QED) is 0.223. The monoisotopic (exact) mass is 611 g/mol. The van der Waals surface area contributed by atoms with Gasteiger partial charge in [-0.05, 0) is 36.7 Å². The molecule has 40 heavy (non-hydrogen) atoms. The Morgan fingerprint density at radius 2 is 1.65 bits per heavy atom. The SMILES string of the molecule is C[C@@H](O[Si](C)(C)C(C)(C)C)[C@H]1C(=O)N(CC(=O)OCc2ccccc2)[C@@H]1c1cc(S(C)(=O)=O)nnc1S(C)(=O)=O. The van der Waals surface area contributed by atoms with Crippen LogP contribution in [0.15, 0.2) is 46.5 Å². The molecule has 11 nitrogen and oxygen atoms in total.